The lowest BCUT2D eigenvalue weighted by atomic mass is 9.98. The number of hydrogen-bond acceptors (Lipinski definition) is 0. The number of rotatable bonds is 8. The summed E-state index contributed by atoms with van der Waals surface area (Å²) in [6.07, 6.45) is 0. The Morgan fingerprint density at radius 1 is 0.117 bits per heavy atom. The van der Waals surface area contributed by atoms with Gasteiger partial charge in [-0.05, 0) is 206 Å². The zero-order valence-electron chi connectivity index (χ0n) is 65.4. The third-order valence-electron chi connectivity index (χ3n) is 24.9. The molecule has 0 atom stereocenters. The quantitative estimate of drug-likeness (QED) is 0.145. The number of fused-ring (bicyclic) bond motifs is 22. The summed E-state index contributed by atoms with van der Waals surface area (Å²) in [6, 6.07) is 163. The van der Waals surface area contributed by atoms with Crippen molar-refractivity contribution < 1.29 is 0 Å². The molecule has 26 rings (SSSR count). The van der Waals surface area contributed by atoms with E-state index in [1.54, 1.807) is 0 Å². The Labute approximate surface area is 691 Å². The molecule has 120 heavy (non-hydrogen) atoms. The molecule has 0 amide bonds. The monoisotopic (exact) mass is 1530 g/mol. The van der Waals surface area contributed by atoms with Gasteiger partial charge >= 0.3 is 0 Å². The number of para-hydroxylation sites is 9. The molecule has 6 aromatic heterocycles. The van der Waals surface area contributed by atoms with Gasteiger partial charge in [0, 0.05) is 98.8 Å². The van der Waals surface area contributed by atoms with Crippen molar-refractivity contribution in [3.8, 4) is 56.4 Å². The number of benzene rings is 20. The minimum Gasteiger partial charge on any atom is -0.309 e. The maximum atomic E-state index is 2.42. The molecule has 0 aliphatic carbocycles. The molecule has 0 spiro atoms. The third-order valence-corrected chi connectivity index (χ3v) is 24.9. The zero-order chi connectivity index (χ0) is 78.9. The Bertz CT molecular complexity index is 8540. The van der Waals surface area contributed by atoms with Crippen molar-refractivity contribution in [1.82, 2.24) is 27.4 Å². The maximum Gasteiger partial charge on any atom is 0.0562 e. The average molecular weight is 1530 g/mol. The Balaban J connectivity index is 0.000000103. The lowest BCUT2D eigenvalue weighted by Gasteiger charge is -2.12. The first-order valence-electron chi connectivity index (χ1n) is 41.3. The molecule has 26 aromatic rings. The highest BCUT2D eigenvalue weighted by molar-refractivity contribution is 6.26. The van der Waals surface area contributed by atoms with Crippen LogP contribution < -0.4 is 0 Å². The predicted molar refractivity (Wildman–Crippen MR) is 509 cm³/mol. The molecule has 0 aliphatic heterocycles. The summed E-state index contributed by atoms with van der Waals surface area (Å²) < 4.78 is 14.5. The summed E-state index contributed by atoms with van der Waals surface area (Å²) in [5.41, 5.74) is 26.6. The van der Waals surface area contributed by atoms with Crippen LogP contribution >= 0.6 is 0 Å². The van der Waals surface area contributed by atoms with E-state index in [4.69, 9.17) is 0 Å². The van der Waals surface area contributed by atoms with Gasteiger partial charge in [-0.3, -0.25) is 0 Å². The Morgan fingerprint density at radius 3 is 0.800 bits per heavy atom. The van der Waals surface area contributed by atoms with Gasteiger partial charge in [0.1, 0.15) is 0 Å². The second-order valence-corrected chi connectivity index (χ2v) is 31.5. The number of hydrogen-bond donors (Lipinski definition) is 0. The standard InChI is InChI=1S/2C40H26N2.C34H22N2/c1-2-13-29(14-3-1)41-37-19-8-6-16-33(37)35-25-36-34-17-7-9-20-38(34)42(40(36)26-39(35)41)30-23-21-28(22-24-30)32-18-10-12-27-11-4-5-15-31(27)32;1-2-12-31(13-3-1)41-37-16-8-6-14-33(37)35-25-36-34-15-7-9-17-38(34)42(40(36)26-39(35)41)32-22-20-28(21-23-32)30-19-18-27-10-4-5-11-29(27)24-30;1-3-12-24(13-4-1)35-30-18-10-9-17-27(30)28-21-29-33(22-32(28)35)36(25-14-5-2-6-15-25)31-20-19-23-11-7-8-16-26(23)34(29)31/h2*1-26H;1-22H. The normalized spacial score (nSPS) is 11.8. The van der Waals surface area contributed by atoms with E-state index in [2.05, 4.69) is 476 Å². The summed E-state index contributed by atoms with van der Waals surface area (Å²) in [4.78, 5) is 0. The van der Waals surface area contributed by atoms with Crippen LogP contribution in [0, 0.1) is 0 Å². The average Bonchev–Trinajstić information content (AvgIpc) is 1.55. The Kier molecular flexibility index (Phi) is 15.9. The lowest BCUT2D eigenvalue weighted by Crippen LogP contribution is -1.96. The smallest absolute Gasteiger partial charge is 0.0562 e. The van der Waals surface area contributed by atoms with Crippen LogP contribution in [-0.2, 0) is 0 Å². The highest BCUT2D eigenvalue weighted by atomic mass is 15.0. The first kappa shape index (κ1) is 68.4. The third kappa shape index (κ3) is 11.0. The minimum atomic E-state index is 1.16. The van der Waals surface area contributed by atoms with Gasteiger partial charge in [0.25, 0.3) is 0 Å². The van der Waals surface area contributed by atoms with E-state index < -0.39 is 0 Å². The summed E-state index contributed by atoms with van der Waals surface area (Å²) in [5.74, 6) is 0. The van der Waals surface area contributed by atoms with E-state index >= 15 is 0 Å². The van der Waals surface area contributed by atoms with Crippen molar-refractivity contribution in [3.63, 3.8) is 0 Å². The molecule has 0 N–H and O–H groups in total. The molecule has 0 saturated heterocycles. The molecule has 0 radical (unpaired) electrons. The van der Waals surface area contributed by atoms with Crippen molar-refractivity contribution in [2.24, 2.45) is 0 Å². The molecule has 0 unspecified atom stereocenters. The summed E-state index contributed by atoms with van der Waals surface area (Å²) in [5, 5.41) is 23.0. The topological polar surface area (TPSA) is 29.6 Å². The van der Waals surface area contributed by atoms with Gasteiger partial charge in [0.15, 0.2) is 0 Å². The Hall–Kier alpha value is -16.0. The second-order valence-electron chi connectivity index (χ2n) is 31.5. The largest absolute Gasteiger partial charge is 0.309 e. The lowest BCUT2D eigenvalue weighted by molar-refractivity contribution is 1.16. The van der Waals surface area contributed by atoms with Gasteiger partial charge in [0.05, 0.1) is 66.2 Å². The molecule has 560 valence electrons. The molecule has 6 heteroatoms. The number of aromatic nitrogens is 6. The maximum absolute atomic E-state index is 2.42. The van der Waals surface area contributed by atoms with Crippen LogP contribution in [0.25, 0.3) is 220 Å². The molecule has 0 bridgehead atoms. The molecule has 6 heterocycles. The van der Waals surface area contributed by atoms with Crippen LogP contribution in [0.15, 0.2) is 449 Å². The molecule has 0 fully saturated rings. The molecule has 0 saturated carbocycles. The Morgan fingerprint density at radius 2 is 0.392 bits per heavy atom. The van der Waals surface area contributed by atoms with E-state index in [1.807, 2.05) is 0 Å². The van der Waals surface area contributed by atoms with Crippen LogP contribution in [0.3, 0.4) is 0 Å². The fourth-order valence-corrected chi connectivity index (χ4v) is 19.5. The van der Waals surface area contributed by atoms with E-state index in [1.165, 1.54) is 208 Å². The molecule has 6 nitrogen and oxygen atoms in total. The molecular formula is C114H74N6. The molecular weight excluding hydrogens is 1450 g/mol. The zero-order valence-corrected chi connectivity index (χ0v) is 65.4. The fourth-order valence-electron chi connectivity index (χ4n) is 19.5. The highest BCUT2D eigenvalue weighted by Crippen LogP contribution is 2.46. The fraction of sp³-hybridized carbons (Fsp3) is 0. The predicted octanol–water partition coefficient (Wildman–Crippen LogP) is 30.4. The van der Waals surface area contributed by atoms with Crippen molar-refractivity contribution in [1.29, 1.82) is 0 Å². The minimum absolute atomic E-state index is 1.16. The van der Waals surface area contributed by atoms with Gasteiger partial charge in [-0.2, -0.15) is 0 Å². The van der Waals surface area contributed by atoms with Crippen LogP contribution in [0.1, 0.15) is 0 Å². The van der Waals surface area contributed by atoms with E-state index in [0.29, 0.717) is 0 Å². The van der Waals surface area contributed by atoms with Crippen molar-refractivity contribution in [2.75, 3.05) is 0 Å². The van der Waals surface area contributed by atoms with Gasteiger partial charge in [-0.1, -0.05) is 297 Å². The summed E-state index contributed by atoms with van der Waals surface area (Å²) in [6.45, 7) is 0. The van der Waals surface area contributed by atoms with Gasteiger partial charge < -0.3 is 27.4 Å². The van der Waals surface area contributed by atoms with Crippen LogP contribution in [0.4, 0.5) is 0 Å². The summed E-state index contributed by atoms with van der Waals surface area (Å²) >= 11 is 0. The van der Waals surface area contributed by atoms with E-state index in [9.17, 15) is 0 Å². The van der Waals surface area contributed by atoms with Gasteiger partial charge in [0.2, 0.25) is 0 Å². The van der Waals surface area contributed by atoms with E-state index in [0.717, 1.165) is 11.4 Å². The highest BCUT2D eigenvalue weighted by Gasteiger charge is 2.24. The van der Waals surface area contributed by atoms with Crippen molar-refractivity contribution >= 4 is 163 Å². The SMILES string of the molecule is c1ccc(-n2c3ccccc3c3cc4c5c6ccccc6ccc5n(-c5ccccc5)c4cc32)cc1.c1ccc(-n2c3ccccc3c3cc4c5ccccc5n(-c5ccc(-c6ccc7ccccc7c6)cc5)c4cc32)cc1.c1ccc(-n2c3ccccc3c3cc4c5ccccc5n(-c5ccc(-c6cccc7ccccc67)cc5)c4cc32)cc1. The van der Waals surface area contributed by atoms with Gasteiger partial charge in [-0.25, -0.2) is 0 Å². The molecule has 20 aromatic carbocycles. The number of nitrogens with zero attached hydrogens (tertiary/aromatic N) is 6. The van der Waals surface area contributed by atoms with E-state index in [-0.39, 0.29) is 0 Å². The van der Waals surface area contributed by atoms with Crippen LogP contribution in [-0.4, -0.2) is 27.4 Å². The van der Waals surface area contributed by atoms with Crippen molar-refractivity contribution in [2.45, 2.75) is 0 Å². The first-order valence-corrected chi connectivity index (χ1v) is 41.3. The second kappa shape index (κ2) is 27.9. The van der Waals surface area contributed by atoms with Gasteiger partial charge in [-0.15, -0.1) is 0 Å². The molecule has 0 aliphatic rings. The van der Waals surface area contributed by atoms with Crippen molar-refractivity contribution in [3.05, 3.63) is 449 Å². The van der Waals surface area contributed by atoms with Crippen LogP contribution in [0.2, 0.25) is 0 Å². The van der Waals surface area contributed by atoms with Crippen LogP contribution in [0.5, 0.6) is 0 Å². The first-order chi connectivity index (χ1) is 59.6. The summed E-state index contributed by atoms with van der Waals surface area (Å²) in [7, 11) is 0.